The van der Waals surface area contributed by atoms with Crippen LogP contribution >= 0.6 is 22.7 Å². The van der Waals surface area contributed by atoms with Gasteiger partial charge in [0.05, 0.1) is 9.75 Å². The van der Waals surface area contributed by atoms with Crippen molar-refractivity contribution in [3.05, 3.63) is 44.8 Å². The maximum absolute atomic E-state index is 12.4. The van der Waals surface area contributed by atoms with Gasteiger partial charge in [0.25, 0.3) is 11.8 Å². The Hall–Kier alpha value is -1.66. The van der Waals surface area contributed by atoms with Crippen molar-refractivity contribution in [3.8, 4) is 0 Å². The summed E-state index contributed by atoms with van der Waals surface area (Å²) in [5.41, 5.74) is 0.0795. The summed E-state index contributed by atoms with van der Waals surface area (Å²) in [6, 6.07) is 7.61. The van der Waals surface area contributed by atoms with Gasteiger partial charge in [0.1, 0.15) is 0 Å². The summed E-state index contributed by atoms with van der Waals surface area (Å²) in [4.78, 5) is 26.2. The average molecular weight is 391 g/mol. The minimum absolute atomic E-state index is 0.00710. The number of amides is 2. The van der Waals surface area contributed by atoms with Gasteiger partial charge in [0, 0.05) is 12.6 Å². The number of carbonyl (C=O) groups excluding carboxylic acids is 2. The van der Waals surface area contributed by atoms with E-state index in [0.717, 1.165) is 29.0 Å². The molecule has 140 valence electrons. The van der Waals surface area contributed by atoms with E-state index in [4.69, 9.17) is 0 Å². The average Bonchev–Trinajstić information content (AvgIpc) is 3.23. The Bertz CT molecular complexity index is 753. The van der Waals surface area contributed by atoms with Gasteiger partial charge in [-0.3, -0.25) is 9.59 Å². The van der Waals surface area contributed by atoms with Crippen LogP contribution < -0.4 is 10.6 Å². The normalized spacial score (nSPS) is 24.8. The molecule has 2 amide bonds. The van der Waals surface area contributed by atoms with Crippen LogP contribution in [-0.4, -0.2) is 24.4 Å². The van der Waals surface area contributed by atoms with Crippen molar-refractivity contribution < 1.29 is 9.59 Å². The first kappa shape index (κ1) is 19.1. The van der Waals surface area contributed by atoms with E-state index in [1.807, 2.05) is 35.0 Å². The first-order valence-electron chi connectivity index (χ1n) is 8.93. The van der Waals surface area contributed by atoms with E-state index in [-0.39, 0.29) is 28.7 Å². The van der Waals surface area contributed by atoms with Crippen molar-refractivity contribution in [2.24, 2.45) is 10.8 Å². The largest absolute Gasteiger partial charge is 0.351 e. The monoisotopic (exact) mass is 390 g/mol. The van der Waals surface area contributed by atoms with Gasteiger partial charge < -0.3 is 10.6 Å². The van der Waals surface area contributed by atoms with Gasteiger partial charge in [0.15, 0.2) is 0 Å². The van der Waals surface area contributed by atoms with Crippen molar-refractivity contribution in [2.45, 2.75) is 46.1 Å². The molecule has 0 spiro atoms. The van der Waals surface area contributed by atoms with Crippen LogP contribution in [0.2, 0.25) is 0 Å². The van der Waals surface area contributed by atoms with Crippen molar-refractivity contribution in [3.63, 3.8) is 0 Å². The van der Waals surface area contributed by atoms with E-state index in [1.54, 1.807) is 0 Å². The van der Waals surface area contributed by atoms with Gasteiger partial charge in [-0.2, -0.15) is 0 Å². The van der Waals surface area contributed by atoms with Crippen molar-refractivity contribution in [2.75, 3.05) is 6.54 Å². The molecule has 0 aliphatic heterocycles. The van der Waals surface area contributed by atoms with E-state index in [0.29, 0.717) is 6.54 Å². The molecule has 2 aromatic heterocycles. The molecular formula is C20H26N2O2S2. The lowest BCUT2D eigenvalue weighted by Gasteiger charge is -2.47. The Labute approximate surface area is 163 Å². The molecule has 1 fully saturated rings. The molecule has 0 radical (unpaired) electrons. The van der Waals surface area contributed by atoms with Gasteiger partial charge in [-0.05, 0) is 53.0 Å². The highest BCUT2D eigenvalue weighted by molar-refractivity contribution is 7.12. The number of carbonyl (C=O) groups is 2. The van der Waals surface area contributed by atoms with E-state index < -0.39 is 0 Å². The quantitative estimate of drug-likeness (QED) is 0.786. The Morgan fingerprint density at radius 2 is 1.65 bits per heavy atom. The Morgan fingerprint density at radius 1 is 1.04 bits per heavy atom. The van der Waals surface area contributed by atoms with Gasteiger partial charge in [-0.15, -0.1) is 22.7 Å². The highest BCUT2D eigenvalue weighted by Crippen LogP contribution is 2.45. The fourth-order valence-corrected chi connectivity index (χ4v) is 5.59. The maximum Gasteiger partial charge on any atom is 0.261 e. The zero-order valence-corrected chi connectivity index (χ0v) is 17.1. The summed E-state index contributed by atoms with van der Waals surface area (Å²) in [5, 5.41) is 10.1. The number of hydrogen-bond acceptors (Lipinski definition) is 4. The molecule has 2 N–H and O–H groups in total. The molecule has 2 aromatic rings. The third-order valence-corrected chi connectivity index (χ3v) is 6.68. The third-order valence-electron chi connectivity index (χ3n) is 4.94. The number of nitrogens with one attached hydrogen (secondary N) is 2. The minimum Gasteiger partial charge on any atom is -0.351 e. The summed E-state index contributed by atoms with van der Waals surface area (Å²) in [7, 11) is 0. The molecule has 0 aromatic carbocycles. The zero-order chi connectivity index (χ0) is 18.8. The second-order valence-corrected chi connectivity index (χ2v) is 10.3. The van der Waals surface area contributed by atoms with Crippen LogP contribution in [-0.2, 0) is 0 Å². The first-order chi connectivity index (χ1) is 12.3. The van der Waals surface area contributed by atoms with Gasteiger partial charge in [-0.25, -0.2) is 0 Å². The molecule has 2 atom stereocenters. The molecule has 1 aliphatic rings. The predicted molar refractivity (Wildman–Crippen MR) is 108 cm³/mol. The zero-order valence-electron chi connectivity index (χ0n) is 15.5. The minimum atomic E-state index is -0.0396. The van der Waals surface area contributed by atoms with Gasteiger partial charge >= 0.3 is 0 Å². The van der Waals surface area contributed by atoms with E-state index >= 15 is 0 Å². The summed E-state index contributed by atoms with van der Waals surface area (Å²) in [6.45, 7) is 7.33. The van der Waals surface area contributed by atoms with Crippen LogP contribution in [0.25, 0.3) is 0 Å². The number of thiophene rings is 2. The summed E-state index contributed by atoms with van der Waals surface area (Å²) < 4.78 is 0. The second-order valence-electron chi connectivity index (χ2n) is 8.37. The van der Waals surface area contributed by atoms with Gasteiger partial charge in [0.2, 0.25) is 0 Å². The standard InChI is InChI=1S/C20H26N2O2S2/c1-19(2)10-14(22-18(24)16-7-5-9-26-16)11-20(3,12-19)13-21-17(23)15-6-4-8-25-15/h4-9,14H,10-13H2,1-3H3,(H,21,23)(H,22,24). The number of hydrogen-bond donors (Lipinski definition) is 2. The fourth-order valence-electron chi connectivity index (χ4n) is 4.32. The highest BCUT2D eigenvalue weighted by atomic mass is 32.1. The van der Waals surface area contributed by atoms with Crippen LogP contribution in [0.3, 0.4) is 0 Å². The smallest absolute Gasteiger partial charge is 0.261 e. The SMILES string of the molecule is CC1(C)CC(NC(=O)c2cccs2)CC(C)(CNC(=O)c2cccs2)C1. The topological polar surface area (TPSA) is 58.2 Å². The fraction of sp³-hybridized carbons (Fsp3) is 0.500. The van der Waals surface area contributed by atoms with Crippen LogP contribution in [0.4, 0.5) is 0 Å². The maximum atomic E-state index is 12.4. The molecule has 2 heterocycles. The van der Waals surface area contributed by atoms with Crippen LogP contribution in [0.1, 0.15) is 59.4 Å². The molecule has 2 unspecified atom stereocenters. The number of rotatable bonds is 5. The molecule has 1 saturated carbocycles. The Kier molecular flexibility index (Phi) is 5.53. The van der Waals surface area contributed by atoms with Crippen LogP contribution in [0.15, 0.2) is 35.0 Å². The first-order valence-corrected chi connectivity index (χ1v) is 10.7. The molecule has 4 nitrogen and oxygen atoms in total. The Balaban J connectivity index is 1.64. The van der Waals surface area contributed by atoms with Crippen molar-refractivity contribution >= 4 is 34.5 Å². The van der Waals surface area contributed by atoms with E-state index in [1.165, 1.54) is 22.7 Å². The molecule has 1 aliphatic carbocycles. The van der Waals surface area contributed by atoms with Crippen LogP contribution in [0, 0.1) is 10.8 Å². The predicted octanol–water partition coefficient (Wildman–Crippen LogP) is 4.55. The molecule has 26 heavy (non-hydrogen) atoms. The molecular weight excluding hydrogens is 364 g/mol. The van der Waals surface area contributed by atoms with Crippen LogP contribution in [0.5, 0.6) is 0 Å². The molecule has 0 saturated heterocycles. The molecule has 0 bridgehead atoms. The highest BCUT2D eigenvalue weighted by Gasteiger charge is 2.42. The summed E-state index contributed by atoms with van der Waals surface area (Å²) >= 11 is 2.92. The van der Waals surface area contributed by atoms with E-state index in [2.05, 4.69) is 31.4 Å². The summed E-state index contributed by atoms with van der Waals surface area (Å²) in [5.74, 6) is -0.00329. The van der Waals surface area contributed by atoms with E-state index in [9.17, 15) is 9.59 Å². The summed E-state index contributed by atoms with van der Waals surface area (Å²) in [6.07, 6.45) is 2.85. The lowest BCUT2D eigenvalue weighted by Crippen LogP contribution is -2.50. The molecule has 3 rings (SSSR count). The lowest BCUT2D eigenvalue weighted by atomic mass is 9.62. The molecule has 6 heteroatoms. The van der Waals surface area contributed by atoms with Crippen molar-refractivity contribution in [1.82, 2.24) is 10.6 Å². The van der Waals surface area contributed by atoms with Crippen molar-refractivity contribution in [1.29, 1.82) is 0 Å². The Morgan fingerprint density at radius 3 is 2.23 bits per heavy atom. The van der Waals surface area contributed by atoms with Gasteiger partial charge in [-0.1, -0.05) is 32.9 Å². The second kappa shape index (κ2) is 7.53. The third kappa shape index (κ3) is 4.74. The lowest BCUT2D eigenvalue weighted by molar-refractivity contribution is 0.0594.